The molecular weight excluding hydrogens is 419 g/mol. The van der Waals surface area contributed by atoms with Gasteiger partial charge in [-0.05, 0) is 37.1 Å². The van der Waals surface area contributed by atoms with Gasteiger partial charge in [-0.15, -0.1) is 0 Å². The van der Waals surface area contributed by atoms with Crippen molar-refractivity contribution in [3.8, 4) is 11.5 Å². The van der Waals surface area contributed by atoms with Gasteiger partial charge in [0.1, 0.15) is 11.5 Å². The maximum atomic E-state index is 9.84. The van der Waals surface area contributed by atoms with Crippen LogP contribution in [-0.4, -0.2) is 34.7 Å². The Hall–Kier alpha value is -1.33. The van der Waals surface area contributed by atoms with Crippen LogP contribution in [0.25, 0.3) is 0 Å². The molecule has 0 saturated heterocycles. The van der Waals surface area contributed by atoms with E-state index in [9.17, 15) is 10.2 Å². The minimum atomic E-state index is -0.556. The SMILES string of the molecule is Oc1ccccc1C=N[C@@H]1CCCC[C@H]1N=Cc1ccccc1O.[Cl][Ti][Cl]. The molecule has 2 N–H and O–H groups in total. The number of hydrogen-bond acceptors (Lipinski definition) is 4. The fraction of sp³-hybridized carbons (Fsp3) is 0.300. The van der Waals surface area contributed by atoms with Crippen LogP contribution in [0.3, 0.4) is 0 Å². The van der Waals surface area contributed by atoms with Crippen molar-refractivity contribution in [1.82, 2.24) is 0 Å². The Morgan fingerprint density at radius 1 is 0.778 bits per heavy atom. The number of benzene rings is 2. The molecule has 142 valence electrons. The fourth-order valence-corrected chi connectivity index (χ4v) is 2.98. The third kappa shape index (κ3) is 7.30. The summed E-state index contributed by atoms with van der Waals surface area (Å²) in [5.41, 5.74) is 1.46. The number of hydrogen-bond donors (Lipinski definition) is 2. The van der Waals surface area contributed by atoms with Crippen LogP contribution < -0.4 is 0 Å². The number of aliphatic imine (C=N–C) groups is 2. The summed E-state index contributed by atoms with van der Waals surface area (Å²) in [6.45, 7) is 0. The molecular formula is C20H22Cl2N2O2Ti. The van der Waals surface area contributed by atoms with E-state index in [1.807, 2.05) is 24.3 Å². The molecule has 1 saturated carbocycles. The van der Waals surface area contributed by atoms with E-state index in [0.717, 1.165) is 36.8 Å². The van der Waals surface area contributed by atoms with Crippen LogP contribution in [0, 0.1) is 0 Å². The molecule has 2 aromatic carbocycles. The molecule has 0 spiro atoms. The standard InChI is InChI=1S/C20H22N2O2.2ClH.Ti/c23-19-11-5-1-7-15(19)13-21-17-9-3-4-10-18(17)22-14-16-8-2-6-12-20(16)24;;;/h1-2,5-8,11-14,17-18,23-24H,3-4,9-10H2;2*1H;/q;;;+2/p-2/t17-,18-;;;/m1.../s1. The number of phenols is 2. The average Bonchev–Trinajstić information content (AvgIpc) is 2.68. The predicted octanol–water partition coefficient (Wildman–Crippen LogP) is 5.32. The van der Waals surface area contributed by atoms with Gasteiger partial charge in [0, 0.05) is 23.6 Å². The van der Waals surface area contributed by atoms with Gasteiger partial charge in [-0.2, -0.15) is 0 Å². The molecule has 0 aliphatic heterocycles. The Kier molecular flexibility index (Phi) is 9.92. The van der Waals surface area contributed by atoms with Crippen molar-refractivity contribution >= 4 is 31.0 Å². The van der Waals surface area contributed by atoms with Crippen molar-refractivity contribution in [3.05, 3.63) is 59.7 Å². The summed E-state index contributed by atoms with van der Waals surface area (Å²) >= 11 is -0.556. The first-order valence-electron chi connectivity index (χ1n) is 8.74. The van der Waals surface area contributed by atoms with Gasteiger partial charge in [-0.25, -0.2) is 0 Å². The first-order chi connectivity index (χ1) is 13.2. The number of phenolic OH excluding ortho intramolecular Hbond substituents is 2. The Morgan fingerprint density at radius 2 is 1.15 bits per heavy atom. The summed E-state index contributed by atoms with van der Waals surface area (Å²) in [6, 6.07) is 14.6. The molecule has 1 aliphatic carbocycles. The molecule has 7 heteroatoms. The Balaban J connectivity index is 0.000000817. The number of halogens is 2. The van der Waals surface area contributed by atoms with Crippen molar-refractivity contribution < 1.29 is 27.2 Å². The molecule has 1 fully saturated rings. The van der Waals surface area contributed by atoms with E-state index in [-0.39, 0.29) is 23.6 Å². The molecule has 0 bridgehead atoms. The van der Waals surface area contributed by atoms with Crippen molar-refractivity contribution in [1.29, 1.82) is 0 Å². The van der Waals surface area contributed by atoms with Gasteiger partial charge in [0.05, 0.1) is 12.1 Å². The third-order valence-corrected chi connectivity index (χ3v) is 4.38. The summed E-state index contributed by atoms with van der Waals surface area (Å²) in [6.07, 6.45) is 7.76. The van der Waals surface area contributed by atoms with Crippen LogP contribution in [0.2, 0.25) is 0 Å². The number of nitrogens with zero attached hydrogens (tertiary/aromatic N) is 2. The number of para-hydroxylation sites is 2. The van der Waals surface area contributed by atoms with Crippen LogP contribution in [0.15, 0.2) is 58.5 Å². The van der Waals surface area contributed by atoms with Crippen molar-refractivity contribution in [2.24, 2.45) is 9.98 Å². The number of rotatable bonds is 4. The molecule has 1 aliphatic rings. The Bertz CT molecular complexity index is 708. The van der Waals surface area contributed by atoms with Crippen LogP contribution in [0.4, 0.5) is 0 Å². The second-order valence-corrected chi connectivity index (χ2v) is 8.74. The van der Waals surface area contributed by atoms with Gasteiger partial charge >= 0.3 is 35.6 Å². The van der Waals surface area contributed by atoms with Crippen molar-refractivity contribution in [2.75, 3.05) is 0 Å². The molecule has 0 unspecified atom stereocenters. The molecule has 27 heavy (non-hydrogen) atoms. The molecule has 3 rings (SSSR count). The topological polar surface area (TPSA) is 65.2 Å². The van der Waals surface area contributed by atoms with E-state index >= 15 is 0 Å². The first-order valence-corrected chi connectivity index (χ1v) is 13.0. The molecule has 4 nitrogen and oxygen atoms in total. The minimum absolute atomic E-state index is 0.112. The summed E-state index contributed by atoms with van der Waals surface area (Å²) < 4.78 is 0. The zero-order chi connectivity index (χ0) is 19.5. The first kappa shape index (κ1) is 22.0. The Labute approximate surface area is 176 Å². The molecule has 0 aromatic heterocycles. The van der Waals surface area contributed by atoms with E-state index < -0.39 is 17.0 Å². The van der Waals surface area contributed by atoms with Gasteiger partial charge in [0.15, 0.2) is 0 Å². The average molecular weight is 441 g/mol. The van der Waals surface area contributed by atoms with Crippen LogP contribution in [-0.2, 0) is 17.0 Å². The third-order valence-electron chi connectivity index (χ3n) is 4.38. The van der Waals surface area contributed by atoms with Gasteiger partial charge in [0.2, 0.25) is 0 Å². The monoisotopic (exact) mass is 440 g/mol. The summed E-state index contributed by atoms with van der Waals surface area (Å²) in [4.78, 5) is 9.34. The molecule has 2 atom stereocenters. The number of aromatic hydroxyl groups is 2. The molecule has 2 aromatic rings. The summed E-state index contributed by atoms with van der Waals surface area (Å²) in [7, 11) is 9.78. The molecule has 0 radical (unpaired) electrons. The summed E-state index contributed by atoms with van der Waals surface area (Å²) in [5.74, 6) is 0.484. The van der Waals surface area contributed by atoms with Crippen LogP contribution >= 0.6 is 18.6 Å². The molecule has 0 amide bonds. The van der Waals surface area contributed by atoms with Crippen LogP contribution in [0.1, 0.15) is 36.8 Å². The second kappa shape index (κ2) is 12.2. The van der Waals surface area contributed by atoms with Crippen molar-refractivity contribution in [2.45, 2.75) is 37.8 Å². The zero-order valence-electron chi connectivity index (χ0n) is 14.8. The van der Waals surface area contributed by atoms with E-state index in [4.69, 9.17) is 18.6 Å². The van der Waals surface area contributed by atoms with Gasteiger partial charge in [0.25, 0.3) is 0 Å². The second-order valence-electron chi connectivity index (χ2n) is 6.16. The van der Waals surface area contributed by atoms with E-state index in [1.165, 1.54) is 0 Å². The van der Waals surface area contributed by atoms with Crippen molar-refractivity contribution in [3.63, 3.8) is 0 Å². The van der Waals surface area contributed by atoms with E-state index in [2.05, 4.69) is 9.98 Å². The van der Waals surface area contributed by atoms with E-state index in [1.54, 1.807) is 36.7 Å². The maximum absolute atomic E-state index is 9.84. The van der Waals surface area contributed by atoms with Gasteiger partial charge in [-0.3, -0.25) is 9.98 Å². The van der Waals surface area contributed by atoms with Gasteiger partial charge < -0.3 is 10.2 Å². The van der Waals surface area contributed by atoms with E-state index in [0.29, 0.717) is 0 Å². The Morgan fingerprint density at radius 3 is 1.52 bits per heavy atom. The quantitative estimate of drug-likeness (QED) is 0.498. The molecule has 0 heterocycles. The summed E-state index contributed by atoms with van der Waals surface area (Å²) in [5, 5.41) is 19.7. The normalized spacial score (nSPS) is 19.6. The predicted molar refractivity (Wildman–Crippen MR) is 109 cm³/mol. The van der Waals surface area contributed by atoms with Crippen LogP contribution in [0.5, 0.6) is 11.5 Å². The fourth-order valence-electron chi connectivity index (χ4n) is 2.98. The van der Waals surface area contributed by atoms with Gasteiger partial charge in [-0.1, -0.05) is 37.1 Å². The zero-order valence-corrected chi connectivity index (χ0v) is 17.9.